The van der Waals surface area contributed by atoms with Crippen molar-refractivity contribution >= 4 is 46.6 Å². The Morgan fingerprint density at radius 1 is 1.09 bits per heavy atom. The Labute approximate surface area is 137 Å². The van der Waals surface area contributed by atoms with Crippen molar-refractivity contribution in [2.45, 2.75) is 16.6 Å². The van der Waals surface area contributed by atoms with Crippen molar-refractivity contribution in [2.75, 3.05) is 10.6 Å². The molecule has 0 saturated carbocycles. The van der Waals surface area contributed by atoms with E-state index < -0.39 is 5.25 Å². The van der Waals surface area contributed by atoms with Gasteiger partial charge in [0.15, 0.2) is 0 Å². The first kappa shape index (κ1) is 14.9. The normalized spacial score (nSPS) is 18.0. The number of anilines is 2. The number of nitrogens with zero attached hydrogens (tertiary/aromatic N) is 1. The third kappa shape index (κ3) is 2.82. The van der Waals surface area contributed by atoms with Crippen LogP contribution in [0.15, 0.2) is 53.4 Å². The molecule has 2 amide bonds. The fourth-order valence-electron chi connectivity index (χ4n) is 2.30. The van der Waals surface area contributed by atoms with E-state index in [9.17, 15) is 9.59 Å². The van der Waals surface area contributed by atoms with Gasteiger partial charge in [-0.3, -0.25) is 9.59 Å². The van der Waals surface area contributed by atoms with Gasteiger partial charge in [0.05, 0.1) is 10.9 Å². The summed E-state index contributed by atoms with van der Waals surface area (Å²) in [5.74, 6) is -0.431. The molecule has 0 spiro atoms. The smallest absolute Gasteiger partial charge is 0.247 e. The van der Waals surface area contributed by atoms with Crippen molar-refractivity contribution in [1.82, 2.24) is 0 Å². The Balaban J connectivity index is 1.82. The van der Waals surface area contributed by atoms with Crippen LogP contribution >= 0.6 is 23.4 Å². The zero-order valence-electron chi connectivity index (χ0n) is 11.5. The average Bonchev–Trinajstić information content (AvgIpc) is 2.77. The molecule has 0 unspecified atom stereocenters. The van der Waals surface area contributed by atoms with Crippen molar-refractivity contribution in [3.63, 3.8) is 0 Å². The fourth-order valence-corrected chi connectivity index (χ4v) is 3.52. The number of thioether (sulfide) groups is 1. The van der Waals surface area contributed by atoms with Crippen LogP contribution < -0.4 is 10.6 Å². The summed E-state index contributed by atoms with van der Waals surface area (Å²) in [7, 11) is 0. The maximum atomic E-state index is 12.5. The number of para-hydroxylation sites is 1. The number of amides is 2. The van der Waals surface area contributed by atoms with E-state index in [0.717, 1.165) is 4.90 Å². The lowest BCUT2D eigenvalue weighted by Gasteiger charge is -2.15. The number of nitrogens with two attached hydrogens (primary N) is 1. The van der Waals surface area contributed by atoms with Gasteiger partial charge in [-0.05, 0) is 36.4 Å². The molecule has 6 heteroatoms. The molecule has 2 N–H and O–H groups in total. The van der Waals surface area contributed by atoms with Crippen molar-refractivity contribution < 1.29 is 9.59 Å². The number of hydrogen-bond donors (Lipinski definition) is 1. The van der Waals surface area contributed by atoms with Crippen LogP contribution in [0.25, 0.3) is 0 Å². The third-order valence-corrected chi connectivity index (χ3v) is 4.91. The third-order valence-electron chi connectivity index (χ3n) is 3.38. The largest absolute Gasteiger partial charge is 0.398 e. The molecule has 1 atom stereocenters. The highest BCUT2D eigenvalue weighted by Gasteiger charge is 2.40. The molecule has 112 valence electrons. The summed E-state index contributed by atoms with van der Waals surface area (Å²) in [6, 6.07) is 14.0. The summed E-state index contributed by atoms with van der Waals surface area (Å²) in [6.07, 6.45) is 0.167. The van der Waals surface area contributed by atoms with Crippen molar-refractivity contribution in [3.8, 4) is 0 Å². The maximum absolute atomic E-state index is 12.5. The minimum atomic E-state index is -0.451. The van der Waals surface area contributed by atoms with Crippen molar-refractivity contribution in [3.05, 3.63) is 53.6 Å². The van der Waals surface area contributed by atoms with Gasteiger partial charge in [-0.1, -0.05) is 23.7 Å². The van der Waals surface area contributed by atoms with E-state index in [-0.39, 0.29) is 18.2 Å². The first-order valence-electron chi connectivity index (χ1n) is 6.70. The van der Waals surface area contributed by atoms with E-state index in [4.69, 9.17) is 17.3 Å². The number of benzene rings is 2. The molecule has 3 rings (SSSR count). The number of halogens is 1. The lowest BCUT2D eigenvalue weighted by atomic mass is 10.3. The summed E-state index contributed by atoms with van der Waals surface area (Å²) in [6.45, 7) is 0. The van der Waals surface area contributed by atoms with Gasteiger partial charge >= 0.3 is 0 Å². The Bertz CT molecular complexity index is 733. The minimum absolute atomic E-state index is 0.167. The first-order chi connectivity index (χ1) is 10.6. The Hall–Kier alpha value is -1.98. The second-order valence-corrected chi connectivity index (χ2v) is 6.57. The SMILES string of the molecule is Nc1ccccc1S[C@H]1CC(=O)N(c2ccc(Cl)cc2)C1=O. The van der Waals surface area contributed by atoms with Gasteiger partial charge in [0.25, 0.3) is 0 Å². The molecule has 1 fully saturated rings. The van der Waals surface area contributed by atoms with Gasteiger partial charge in [0, 0.05) is 22.0 Å². The standard InChI is InChI=1S/C16H13ClN2O2S/c17-10-5-7-11(8-6-10)19-15(20)9-14(16(19)21)22-13-4-2-1-3-12(13)18/h1-8,14H,9,18H2/t14-/m0/s1. The number of carbonyl (C=O) groups is 2. The van der Waals surface area contributed by atoms with E-state index in [0.29, 0.717) is 16.4 Å². The van der Waals surface area contributed by atoms with E-state index in [2.05, 4.69) is 0 Å². The topological polar surface area (TPSA) is 63.4 Å². The van der Waals surface area contributed by atoms with Crippen LogP contribution in [0.5, 0.6) is 0 Å². The summed E-state index contributed by atoms with van der Waals surface area (Å²) in [4.78, 5) is 26.7. The number of imide groups is 1. The second kappa shape index (κ2) is 6.02. The maximum Gasteiger partial charge on any atom is 0.247 e. The molecular weight excluding hydrogens is 320 g/mol. The Morgan fingerprint density at radius 2 is 1.77 bits per heavy atom. The van der Waals surface area contributed by atoms with E-state index >= 15 is 0 Å². The average molecular weight is 333 g/mol. The molecule has 2 aromatic carbocycles. The van der Waals surface area contributed by atoms with E-state index in [1.807, 2.05) is 18.2 Å². The summed E-state index contributed by atoms with van der Waals surface area (Å²) in [5, 5.41) is 0.110. The molecule has 2 aromatic rings. The molecule has 1 heterocycles. The molecule has 22 heavy (non-hydrogen) atoms. The molecule has 0 aliphatic carbocycles. The van der Waals surface area contributed by atoms with Crippen LogP contribution in [0.1, 0.15) is 6.42 Å². The predicted molar refractivity (Wildman–Crippen MR) is 89.1 cm³/mol. The molecule has 1 aliphatic heterocycles. The summed E-state index contributed by atoms with van der Waals surface area (Å²) in [5.41, 5.74) is 7.05. The molecular formula is C16H13ClN2O2S. The number of nitrogen functional groups attached to an aromatic ring is 1. The molecule has 1 aliphatic rings. The molecule has 0 bridgehead atoms. The van der Waals surface area contributed by atoms with E-state index in [1.165, 1.54) is 16.7 Å². The van der Waals surface area contributed by atoms with Gasteiger partial charge in [0.1, 0.15) is 0 Å². The van der Waals surface area contributed by atoms with E-state index in [1.54, 1.807) is 30.3 Å². The highest BCUT2D eigenvalue weighted by molar-refractivity contribution is 8.00. The van der Waals surface area contributed by atoms with Gasteiger partial charge in [0.2, 0.25) is 11.8 Å². The first-order valence-corrected chi connectivity index (χ1v) is 7.95. The lowest BCUT2D eigenvalue weighted by molar-refractivity contribution is -0.121. The summed E-state index contributed by atoms with van der Waals surface area (Å²) >= 11 is 7.17. The zero-order valence-corrected chi connectivity index (χ0v) is 13.1. The van der Waals surface area contributed by atoms with Crippen LogP contribution in [-0.4, -0.2) is 17.1 Å². The van der Waals surface area contributed by atoms with Crippen LogP contribution in [0, 0.1) is 0 Å². The predicted octanol–water partition coefficient (Wildman–Crippen LogP) is 3.35. The highest BCUT2D eigenvalue weighted by Crippen LogP contribution is 2.36. The van der Waals surface area contributed by atoms with Crippen LogP contribution in [0.2, 0.25) is 5.02 Å². The fraction of sp³-hybridized carbons (Fsp3) is 0.125. The van der Waals surface area contributed by atoms with Gasteiger partial charge in [-0.25, -0.2) is 4.90 Å². The summed E-state index contributed by atoms with van der Waals surface area (Å²) < 4.78 is 0. The molecule has 0 radical (unpaired) electrons. The van der Waals surface area contributed by atoms with Crippen LogP contribution in [0.4, 0.5) is 11.4 Å². The highest BCUT2D eigenvalue weighted by atomic mass is 35.5. The lowest BCUT2D eigenvalue weighted by Crippen LogP contribution is -2.31. The van der Waals surface area contributed by atoms with Gasteiger partial charge in [-0.15, -0.1) is 11.8 Å². The van der Waals surface area contributed by atoms with Crippen molar-refractivity contribution in [1.29, 1.82) is 0 Å². The quantitative estimate of drug-likeness (QED) is 0.691. The Morgan fingerprint density at radius 3 is 2.45 bits per heavy atom. The zero-order chi connectivity index (χ0) is 15.7. The molecule has 1 saturated heterocycles. The monoisotopic (exact) mass is 332 g/mol. The van der Waals surface area contributed by atoms with Gasteiger partial charge in [-0.2, -0.15) is 0 Å². The minimum Gasteiger partial charge on any atom is -0.398 e. The molecule has 0 aromatic heterocycles. The number of rotatable bonds is 3. The molecule has 4 nitrogen and oxygen atoms in total. The second-order valence-electron chi connectivity index (χ2n) is 4.89. The van der Waals surface area contributed by atoms with Crippen LogP contribution in [-0.2, 0) is 9.59 Å². The van der Waals surface area contributed by atoms with Crippen LogP contribution in [0.3, 0.4) is 0 Å². The number of carbonyl (C=O) groups excluding carboxylic acids is 2. The van der Waals surface area contributed by atoms with Crippen molar-refractivity contribution in [2.24, 2.45) is 0 Å². The Kier molecular flexibility index (Phi) is 4.09. The number of hydrogen-bond acceptors (Lipinski definition) is 4. The van der Waals surface area contributed by atoms with Gasteiger partial charge < -0.3 is 5.73 Å².